The number of hydrogen-bond acceptors (Lipinski definition) is 5. The molecule has 1 aliphatic carbocycles. The molecule has 6 heteroatoms. The molecule has 2 saturated heterocycles. The van der Waals surface area contributed by atoms with Gasteiger partial charge >= 0.3 is 0 Å². The van der Waals surface area contributed by atoms with Crippen LogP contribution in [0.1, 0.15) is 29.2 Å². The number of amides is 1. The highest BCUT2D eigenvalue weighted by atomic mass is 16.5. The molecule has 1 saturated carbocycles. The van der Waals surface area contributed by atoms with E-state index in [1.807, 2.05) is 18.2 Å². The van der Waals surface area contributed by atoms with Gasteiger partial charge in [-0.05, 0) is 48.9 Å². The zero-order valence-electron chi connectivity index (χ0n) is 14.4. The Morgan fingerprint density at radius 1 is 1.04 bits per heavy atom. The molecule has 3 aromatic rings. The summed E-state index contributed by atoms with van der Waals surface area (Å²) in [6.07, 6.45) is 3.61. The molecule has 3 aliphatic rings. The first-order valence-corrected chi connectivity index (χ1v) is 9.27. The molecular formula is C21H17NO5. The second-order valence-electron chi connectivity index (χ2n) is 7.64. The van der Waals surface area contributed by atoms with Crippen LogP contribution in [0.3, 0.4) is 0 Å². The van der Waals surface area contributed by atoms with Gasteiger partial charge in [-0.25, -0.2) is 0 Å². The standard InChI is InChI=1S/C21H17NO5/c23-18(15-6-3-7-25-15)20-17(10-4-1-2-5-14(10)26-20)22-21(24)13-9-16-11-8-12(11)19(13)27-16/h1-7,11-13,16,19H,8-9H2,(H,22,24)/t11-,12+,13-,16+,19+/m1/s1. The summed E-state index contributed by atoms with van der Waals surface area (Å²) >= 11 is 0. The van der Waals surface area contributed by atoms with Crippen LogP contribution in [-0.4, -0.2) is 23.9 Å². The topological polar surface area (TPSA) is 81.7 Å². The van der Waals surface area contributed by atoms with E-state index in [0.717, 1.165) is 6.42 Å². The lowest BCUT2D eigenvalue weighted by Gasteiger charge is -2.18. The molecule has 6 rings (SSSR count). The highest BCUT2D eigenvalue weighted by Gasteiger charge is 2.64. The second-order valence-corrected chi connectivity index (χ2v) is 7.64. The smallest absolute Gasteiger partial charge is 0.265 e. The average Bonchev–Trinajstić information content (AvgIpc) is 3.09. The number of furan rings is 2. The molecule has 2 bridgehead atoms. The lowest BCUT2D eigenvalue weighted by Crippen LogP contribution is -2.32. The van der Waals surface area contributed by atoms with E-state index in [1.165, 1.54) is 12.7 Å². The Bertz CT molecular complexity index is 1070. The van der Waals surface area contributed by atoms with E-state index in [4.69, 9.17) is 13.6 Å². The van der Waals surface area contributed by atoms with Crippen molar-refractivity contribution in [1.29, 1.82) is 0 Å². The molecule has 27 heavy (non-hydrogen) atoms. The SMILES string of the molecule is O=C(c1ccco1)c1oc2ccccc2c1NC(=O)[C@@H]1C[C@@H]2O[C@H]1[C@H]1C[C@H]12. The zero-order chi connectivity index (χ0) is 18.1. The van der Waals surface area contributed by atoms with Gasteiger partial charge in [0.25, 0.3) is 5.78 Å². The number of ether oxygens (including phenoxy) is 1. The van der Waals surface area contributed by atoms with Crippen LogP contribution < -0.4 is 5.32 Å². The minimum Gasteiger partial charge on any atom is -0.461 e. The summed E-state index contributed by atoms with van der Waals surface area (Å²) in [6.45, 7) is 0. The van der Waals surface area contributed by atoms with Crippen LogP contribution in [0.4, 0.5) is 5.69 Å². The molecule has 136 valence electrons. The van der Waals surface area contributed by atoms with Crippen molar-refractivity contribution >= 4 is 28.3 Å². The summed E-state index contributed by atoms with van der Waals surface area (Å²) in [5, 5.41) is 3.67. The van der Waals surface area contributed by atoms with Crippen LogP contribution in [0.25, 0.3) is 11.0 Å². The first-order valence-electron chi connectivity index (χ1n) is 9.27. The minimum absolute atomic E-state index is 0.0161. The molecule has 0 unspecified atom stereocenters. The molecule has 5 atom stereocenters. The highest BCUT2D eigenvalue weighted by Crippen LogP contribution is 2.60. The van der Waals surface area contributed by atoms with Crippen molar-refractivity contribution in [1.82, 2.24) is 0 Å². The Morgan fingerprint density at radius 3 is 2.70 bits per heavy atom. The fourth-order valence-corrected chi connectivity index (χ4v) is 4.77. The summed E-state index contributed by atoms with van der Waals surface area (Å²) in [4.78, 5) is 25.8. The van der Waals surface area contributed by atoms with Crippen LogP contribution in [0.5, 0.6) is 0 Å². The number of rotatable bonds is 4. The van der Waals surface area contributed by atoms with Gasteiger partial charge in [-0.3, -0.25) is 9.59 Å². The minimum atomic E-state index is -0.391. The van der Waals surface area contributed by atoms with Crippen molar-refractivity contribution in [2.45, 2.75) is 25.0 Å². The van der Waals surface area contributed by atoms with Gasteiger partial charge in [0, 0.05) is 5.39 Å². The maximum atomic E-state index is 13.0. The number of carbonyl (C=O) groups excluding carboxylic acids is 2. The van der Waals surface area contributed by atoms with Crippen molar-refractivity contribution in [3.8, 4) is 0 Å². The third kappa shape index (κ3) is 2.16. The summed E-state index contributed by atoms with van der Waals surface area (Å²) < 4.78 is 17.0. The zero-order valence-corrected chi connectivity index (χ0v) is 14.4. The summed E-state index contributed by atoms with van der Waals surface area (Å²) in [7, 11) is 0. The maximum Gasteiger partial charge on any atom is 0.265 e. The molecule has 2 aromatic heterocycles. The Morgan fingerprint density at radius 2 is 1.93 bits per heavy atom. The molecular weight excluding hydrogens is 346 g/mol. The number of ketones is 1. The third-order valence-corrected chi connectivity index (χ3v) is 6.14. The molecule has 0 spiro atoms. The van der Waals surface area contributed by atoms with Gasteiger partial charge in [0.2, 0.25) is 11.7 Å². The van der Waals surface area contributed by atoms with Gasteiger partial charge in [0.15, 0.2) is 5.76 Å². The molecule has 6 nitrogen and oxygen atoms in total. The van der Waals surface area contributed by atoms with Crippen molar-refractivity contribution in [2.24, 2.45) is 17.8 Å². The Labute approximate surface area is 154 Å². The molecule has 2 aliphatic heterocycles. The van der Waals surface area contributed by atoms with Gasteiger partial charge < -0.3 is 18.9 Å². The first-order chi connectivity index (χ1) is 13.2. The van der Waals surface area contributed by atoms with E-state index in [0.29, 0.717) is 28.5 Å². The molecule has 1 aromatic carbocycles. The lowest BCUT2D eigenvalue weighted by molar-refractivity contribution is -0.121. The predicted molar refractivity (Wildman–Crippen MR) is 95.3 cm³/mol. The van der Waals surface area contributed by atoms with Gasteiger partial charge in [-0.2, -0.15) is 0 Å². The Balaban J connectivity index is 1.37. The van der Waals surface area contributed by atoms with Crippen molar-refractivity contribution < 1.29 is 23.2 Å². The molecule has 1 amide bonds. The number of fused-ring (bicyclic) bond motifs is 6. The van der Waals surface area contributed by atoms with Gasteiger partial charge in [-0.1, -0.05) is 12.1 Å². The van der Waals surface area contributed by atoms with Crippen LogP contribution in [0.2, 0.25) is 0 Å². The quantitative estimate of drug-likeness (QED) is 0.716. The van der Waals surface area contributed by atoms with E-state index in [-0.39, 0.29) is 35.6 Å². The maximum absolute atomic E-state index is 13.0. The summed E-state index contributed by atoms with van der Waals surface area (Å²) in [5.74, 6) is 0.793. The van der Waals surface area contributed by atoms with Crippen molar-refractivity contribution in [2.75, 3.05) is 5.32 Å². The Kier molecular flexibility index (Phi) is 3.00. The van der Waals surface area contributed by atoms with Gasteiger partial charge in [0.05, 0.1) is 30.1 Å². The fourth-order valence-electron chi connectivity index (χ4n) is 4.77. The van der Waals surface area contributed by atoms with E-state index in [2.05, 4.69) is 5.32 Å². The highest BCUT2D eigenvalue weighted by molar-refractivity contribution is 6.16. The first kappa shape index (κ1) is 15.2. The molecule has 0 radical (unpaired) electrons. The summed E-state index contributed by atoms with van der Waals surface area (Å²) in [5.41, 5.74) is 0.960. The van der Waals surface area contributed by atoms with E-state index >= 15 is 0 Å². The third-order valence-electron chi connectivity index (χ3n) is 6.14. The number of carbonyl (C=O) groups is 2. The molecule has 3 fully saturated rings. The van der Waals surface area contributed by atoms with Crippen LogP contribution >= 0.6 is 0 Å². The van der Waals surface area contributed by atoms with E-state index in [1.54, 1.807) is 18.2 Å². The van der Waals surface area contributed by atoms with Crippen LogP contribution in [-0.2, 0) is 9.53 Å². The van der Waals surface area contributed by atoms with E-state index in [9.17, 15) is 9.59 Å². The second kappa shape index (κ2) is 5.33. The van der Waals surface area contributed by atoms with Gasteiger partial charge in [-0.15, -0.1) is 0 Å². The van der Waals surface area contributed by atoms with Crippen molar-refractivity contribution in [3.05, 3.63) is 54.2 Å². The number of nitrogens with one attached hydrogen (secondary N) is 1. The number of anilines is 1. The molecule has 1 N–H and O–H groups in total. The average molecular weight is 363 g/mol. The Hall–Kier alpha value is -2.86. The predicted octanol–water partition coefficient (Wildman–Crippen LogP) is 3.62. The lowest BCUT2D eigenvalue weighted by atomic mass is 9.88. The summed E-state index contributed by atoms with van der Waals surface area (Å²) in [6, 6.07) is 10.5. The number of hydrogen-bond donors (Lipinski definition) is 1. The van der Waals surface area contributed by atoms with Crippen LogP contribution in [0, 0.1) is 17.8 Å². The van der Waals surface area contributed by atoms with Crippen LogP contribution in [0.15, 0.2) is 51.5 Å². The van der Waals surface area contributed by atoms with E-state index < -0.39 is 5.78 Å². The number of benzene rings is 1. The fraction of sp³-hybridized carbons (Fsp3) is 0.333. The normalized spacial score (nSPS) is 30.4. The molecule has 4 heterocycles. The largest absolute Gasteiger partial charge is 0.461 e. The van der Waals surface area contributed by atoms with Gasteiger partial charge in [0.1, 0.15) is 5.58 Å². The monoisotopic (exact) mass is 363 g/mol. The van der Waals surface area contributed by atoms with Crippen molar-refractivity contribution in [3.63, 3.8) is 0 Å². The number of para-hydroxylation sites is 1.